The highest BCUT2D eigenvalue weighted by Crippen LogP contribution is 2.69. The van der Waals surface area contributed by atoms with Crippen LogP contribution in [0.15, 0.2) is 64.4 Å². The summed E-state index contributed by atoms with van der Waals surface area (Å²) in [5.41, 5.74) is 1.71. The standard InChI is InChI=1S/C26H22N2O4S2/c1-32-16-10-6-5-9-13(16)17-18-14-11-15(21(18)33-23-22(17)34-26(31)27-23)20-19(14)24(29)28(25(20)30)12-7-3-2-4-8-12/h2-10,14-15,17-21H,11H2,1H3,(H,27,31)/t14-,15+,17+,18-,19+,20+,21-/m0/s1. The van der Waals surface area contributed by atoms with Crippen molar-refractivity contribution in [2.24, 2.45) is 29.6 Å². The number of methoxy groups -OCH3 is 1. The number of aromatic amines is 1. The Labute approximate surface area is 204 Å². The average Bonchev–Trinajstić information content (AvgIpc) is 3.58. The van der Waals surface area contributed by atoms with Crippen molar-refractivity contribution < 1.29 is 14.3 Å². The molecule has 2 bridgehead atoms. The quantitative estimate of drug-likeness (QED) is 0.559. The summed E-state index contributed by atoms with van der Waals surface area (Å²) in [4.78, 5) is 45.1. The van der Waals surface area contributed by atoms with E-state index in [1.54, 1.807) is 18.9 Å². The van der Waals surface area contributed by atoms with Gasteiger partial charge in [0.1, 0.15) is 5.75 Å². The van der Waals surface area contributed by atoms with Crippen molar-refractivity contribution in [2.75, 3.05) is 12.0 Å². The third kappa shape index (κ3) is 2.61. The minimum absolute atomic E-state index is 0.0361. The highest BCUT2D eigenvalue weighted by molar-refractivity contribution is 8.00. The number of nitrogens with zero attached hydrogens (tertiary/aromatic N) is 1. The van der Waals surface area contributed by atoms with Crippen LogP contribution in [0.2, 0.25) is 0 Å². The van der Waals surface area contributed by atoms with Crippen LogP contribution < -0.4 is 14.5 Å². The Balaban J connectivity index is 1.36. The van der Waals surface area contributed by atoms with E-state index in [2.05, 4.69) is 11.1 Å². The third-order valence-electron chi connectivity index (χ3n) is 8.21. The lowest BCUT2D eigenvalue weighted by Crippen LogP contribution is -2.42. The molecule has 172 valence electrons. The minimum Gasteiger partial charge on any atom is -0.496 e. The number of carbonyl (C=O) groups is 2. The van der Waals surface area contributed by atoms with E-state index in [-0.39, 0.29) is 57.4 Å². The number of rotatable bonds is 3. The van der Waals surface area contributed by atoms with Crippen LogP contribution in [-0.2, 0) is 9.59 Å². The molecule has 2 aromatic carbocycles. The number of thiazole rings is 1. The molecule has 0 spiro atoms. The fourth-order valence-electron chi connectivity index (χ4n) is 7.12. The van der Waals surface area contributed by atoms with E-state index in [9.17, 15) is 14.4 Å². The van der Waals surface area contributed by atoms with Gasteiger partial charge in [-0.2, -0.15) is 0 Å². The summed E-state index contributed by atoms with van der Waals surface area (Å²) < 4.78 is 5.73. The van der Waals surface area contributed by atoms with Gasteiger partial charge in [-0.15, -0.1) is 11.8 Å². The fourth-order valence-corrected chi connectivity index (χ4v) is 10.00. The molecule has 7 rings (SSSR count). The summed E-state index contributed by atoms with van der Waals surface area (Å²) in [7, 11) is 1.67. The Morgan fingerprint density at radius 3 is 2.41 bits per heavy atom. The monoisotopic (exact) mass is 490 g/mol. The lowest BCUT2D eigenvalue weighted by atomic mass is 9.68. The zero-order chi connectivity index (χ0) is 23.1. The predicted octanol–water partition coefficient (Wildman–Crippen LogP) is 4.12. The van der Waals surface area contributed by atoms with Crippen molar-refractivity contribution in [3.63, 3.8) is 0 Å². The number of hydrogen-bond acceptors (Lipinski definition) is 6. The number of aromatic nitrogens is 1. The zero-order valence-corrected chi connectivity index (χ0v) is 20.0. The number of anilines is 1. The topological polar surface area (TPSA) is 79.5 Å². The average molecular weight is 491 g/mol. The summed E-state index contributed by atoms with van der Waals surface area (Å²) in [5, 5.41) is 1.08. The first-order chi connectivity index (χ1) is 16.6. The number of nitrogens with one attached hydrogen (secondary N) is 1. The van der Waals surface area contributed by atoms with Gasteiger partial charge >= 0.3 is 4.87 Å². The molecule has 1 aromatic heterocycles. The molecular formula is C26H22N2O4S2. The van der Waals surface area contributed by atoms with Gasteiger partial charge in [-0.05, 0) is 42.4 Å². The van der Waals surface area contributed by atoms with Gasteiger partial charge < -0.3 is 9.72 Å². The lowest BCUT2D eigenvalue weighted by molar-refractivity contribution is -0.123. The first-order valence-corrected chi connectivity index (χ1v) is 13.2. The molecule has 2 aliphatic carbocycles. The predicted molar refractivity (Wildman–Crippen MR) is 130 cm³/mol. The van der Waals surface area contributed by atoms with Gasteiger partial charge in [-0.1, -0.05) is 47.7 Å². The number of amides is 2. The largest absolute Gasteiger partial charge is 0.496 e. The number of benzene rings is 2. The van der Waals surface area contributed by atoms with Crippen molar-refractivity contribution in [3.05, 3.63) is 74.7 Å². The molecule has 3 heterocycles. The van der Waals surface area contributed by atoms with E-state index in [0.29, 0.717) is 5.69 Å². The molecule has 2 saturated carbocycles. The van der Waals surface area contributed by atoms with Gasteiger partial charge in [0.25, 0.3) is 0 Å². The zero-order valence-electron chi connectivity index (χ0n) is 18.3. The van der Waals surface area contributed by atoms with Crippen LogP contribution in [-0.4, -0.2) is 29.2 Å². The maximum atomic E-state index is 13.7. The molecule has 7 atom stereocenters. The van der Waals surface area contributed by atoms with Crippen molar-refractivity contribution in [1.29, 1.82) is 0 Å². The lowest BCUT2D eigenvalue weighted by Gasteiger charge is -2.43. The van der Waals surface area contributed by atoms with E-state index in [4.69, 9.17) is 4.74 Å². The summed E-state index contributed by atoms with van der Waals surface area (Å²) in [6.45, 7) is 0. The molecule has 1 saturated heterocycles. The smallest absolute Gasteiger partial charge is 0.305 e. The summed E-state index contributed by atoms with van der Waals surface area (Å²) in [6, 6.07) is 17.3. The van der Waals surface area contributed by atoms with Crippen molar-refractivity contribution in [1.82, 2.24) is 4.98 Å². The maximum Gasteiger partial charge on any atom is 0.305 e. The summed E-state index contributed by atoms with van der Waals surface area (Å²) >= 11 is 2.97. The van der Waals surface area contributed by atoms with Gasteiger partial charge in [-0.3, -0.25) is 19.3 Å². The van der Waals surface area contributed by atoms with Gasteiger partial charge in [0, 0.05) is 21.6 Å². The molecule has 0 unspecified atom stereocenters. The molecule has 34 heavy (non-hydrogen) atoms. The molecule has 8 heteroatoms. The van der Waals surface area contributed by atoms with Gasteiger partial charge in [0.05, 0.1) is 29.7 Å². The molecule has 0 radical (unpaired) electrons. The number of H-pyrrole nitrogens is 1. The summed E-state index contributed by atoms with van der Waals surface area (Å²) in [6.07, 6.45) is 0.878. The number of imide groups is 1. The second-order valence-electron chi connectivity index (χ2n) is 9.55. The molecule has 3 aromatic rings. The van der Waals surface area contributed by atoms with Crippen molar-refractivity contribution >= 4 is 40.6 Å². The van der Waals surface area contributed by atoms with Gasteiger partial charge in [0.2, 0.25) is 11.8 Å². The molecule has 4 aliphatic rings. The normalized spacial score (nSPS) is 33.1. The Bertz CT molecular complexity index is 1380. The molecule has 2 aliphatic heterocycles. The number of fused-ring (bicyclic) bond motifs is 9. The van der Waals surface area contributed by atoms with Crippen molar-refractivity contribution in [3.8, 4) is 5.75 Å². The Hall–Kier alpha value is -2.84. The van der Waals surface area contributed by atoms with Gasteiger partial charge in [0.15, 0.2) is 0 Å². The second kappa shape index (κ2) is 7.33. The first-order valence-electron chi connectivity index (χ1n) is 11.5. The molecule has 3 fully saturated rings. The Kier molecular flexibility index (Phi) is 4.42. The third-order valence-corrected chi connectivity index (χ3v) is 10.8. The van der Waals surface area contributed by atoms with E-state index >= 15 is 0 Å². The fraction of sp³-hybridized carbons (Fsp3) is 0.346. The van der Waals surface area contributed by atoms with E-state index in [1.165, 1.54) is 16.2 Å². The van der Waals surface area contributed by atoms with Crippen LogP contribution in [0.3, 0.4) is 0 Å². The molecule has 1 N–H and O–H groups in total. The number of hydrogen-bond donors (Lipinski definition) is 1. The van der Waals surface area contributed by atoms with Crippen LogP contribution in [0, 0.1) is 29.6 Å². The van der Waals surface area contributed by atoms with Crippen molar-refractivity contribution in [2.45, 2.75) is 22.6 Å². The highest BCUT2D eigenvalue weighted by atomic mass is 32.2. The van der Waals surface area contributed by atoms with Crippen LogP contribution in [0.4, 0.5) is 5.69 Å². The minimum atomic E-state index is -0.297. The highest BCUT2D eigenvalue weighted by Gasteiger charge is 2.69. The van der Waals surface area contributed by atoms with E-state index in [1.807, 2.05) is 48.5 Å². The number of para-hydroxylation sites is 2. The Morgan fingerprint density at radius 1 is 0.941 bits per heavy atom. The SMILES string of the molecule is COc1ccccc1[C@H]1c2sc(=O)[nH]c2S[C@H]2[C@@H]3C[C@H]([C@H]4C(=O)N(c5ccccc5)C(=O)[C@H]34)[C@@H]12. The van der Waals surface area contributed by atoms with Crippen LogP contribution >= 0.6 is 23.1 Å². The number of thioether (sulfide) groups is 1. The Morgan fingerprint density at radius 2 is 1.65 bits per heavy atom. The number of ether oxygens (including phenoxy) is 1. The van der Waals surface area contributed by atoms with Crippen LogP contribution in [0.5, 0.6) is 5.75 Å². The van der Waals surface area contributed by atoms with E-state index < -0.39 is 0 Å². The first kappa shape index (κ1) is 20.5. The number of carbonyl (C=O) groups excluding carboxylic acids is 2. The van der Waals surface area contributed by atoms with Gasteiger partial charge in [-0.25, -0.2) is 0 Å². The summed E-state index contributed by atoms with van der Waals surface area (Å²) in [5.74, 6) is 0.427. The van der Waals surface area contributed by atoms with Crippen LogP contribution in [0.25, 0.3) is 0 Å². The van der Waals surface area contributed by atoms with Crippen LogP contribution in [0.1, 0.15) is 22.8 Å². The molecule has 2 amide bonds. The van der Waals surface area contributed by atoms with E-state index in [0.717, 1.165) is 27.6 Å². The molecular weight excluding hydrogens is 468 g/mol. The molecule has 6 nitrogen and oxygen atoms in total. The maximum absolute atomic E-state index is 13.7. The second-order valence-corrected chi connectivity index (χ2v) is 11.8.